The summed E-state index contributed by atoms with van der Waals surface area (Å²) in [6, 6.07) is 13.7. The van der Waals surface area contributed by atoms with E-state index in [4.69, 9.17) is 4.74 Å². The van der Waals surface area contributed by atoms with E-state index >= 15 is 0 Å². The smallest absolute Gasteiger partial charge is 0.271 e. The van der Waals surface area contributed by atoms with Gasteiger partial charge in [0.15, 0.2) is 0 Å². The van der Waals surface area contributed by atoms with Crippen molar-refractivity contribution in [2.75, 3.05) is 24.7 Å². The fourth-order valence-electron chi connectivity index (χ4n) is 2.86. The number of hydrogen-bond donors (Lipinski definition) is 1. The van der Waals surface area contributed by atoms with Crippen LogP contribution in [0.25, 0.3) is 0 Å². The van der Waals surface area contributed by atoms with Gasteiger partial charge in [0.05, 0.1) is 18.1 Å². The van der Waals surface area contributed by atoms with Gasteiger partial charge in [0, 0.05) is 29.9 Å². The summed E-state index contributed by atoms with van der Waals surface area (Å²) in [5, 5.41) is 14.0. The first-order valence-corrected chi connectivity index (χ1v) is 8.01. The van der Waals surface area contributed by atoms with Crippen molar-refractivity contribution in [1.29, 1.82) is 0 Å². The molecule has 1 heterocycles. The van der Waals surface area contributed by atoms with E-state index in [2.05, 4.69) is 5.32 Å². The van der Waals surface area contributed by atoms with E-state index in [1.54, 1.807) is 36.4 Å². The van der Waals surface area contributed by atoms with Gasteiger partial charge in [-0.15, -0.1) is 0 Å². The number of anilines is 1. The quantitative estimate of drug-likeness (QED) is 0.682. The molecule has 25 heavy (non-hydrogen) atoms. The summed E-state index contributed by atoms with van der Waals surface area (Å²) in [5.41, 5.74) is 2.23. The fourth-order valence-corrected chi connectivity index (χ4v) is 2.86. The maximum absolute atomic E-state index is 12.4. The Bertz CT molecular complexity index is 779. The number of non-ortho nitro benzene ring substituents is 1. The van der Waals surface area contributed by atoms with E-state index in [1.807, 2.05) is 17.9 Å². The van der Waals surface area contributed by atoms with Crippen molar-refractivity contribution in [3.05, 3.63) is 69.8 Å². The number of aryl methyl sites for hydroxylation is 1. The minimum Gasteiger partial charge on any atom is -0.376 e. The van der Waals surface area contributed by atoms with Gasteiger partial charge in [0.2, 0.25) is 0 Å². The van der Waals surface area contributed by atoms with Crippen molar-refractivity contribution in [2.24, 2.45) is 0 Å². The van der Waals surface area contributed by atoms with Gasteiger partial charge in [0.1, 0.15) is 6.17 Å². The second kappa shape index (κ2) is 7.31. The topological polar surface area (TPSA) is 84.7 Å². The molecule has 7 heteroatoms. The van der Waals surface area contributed by atoms with Crippen LogP contribution in [0, 0.1) is 17.0 Å². The maximum Gasteiger partial charge on any atom is 0.271 e. The normalized spacial score (nSPS) is 17.2. The van der Waals surface area contributed by atoms with Crippen LogP contribution >= 0.6 is 0 Å². The van der Waals surface area contributed by atoms with E-state index < -0.39 is 4.92 Å². The molecule has 3 rings (SSSR count). The number of carbonyl (C=O) groups excluding carboxylic acids is 1. The average molecular weight is 341 g/mol. The van der Waals surface area contributed by atoms with Crippen LogP contribution in [0.2, 0.25) is 0 Å². The van der Waals surface area contributed by atoms with Gasteiger partial charge >= 0.3 is 0 Å². The van der Waals surface area contributed by atoms with Crippen molar-refractivity contribution >= 4 is 17.3 Å². The average Bonchev–Trinajstić information content (AvgIpc) is 2.63. The molecule has 0 aliphatic carbocycles. The molecule has 1 saturated heterocycles. The van der Waals surface area contributed by atoms with E-state index in [9.17, 15) is 14.9 Å². The molecule has 0 bridgehead atoms. The summed E-state index contributed by atoms with van der Waals surface area (Å²) < 4.78 is 5.50. The summed E-state index contributed by atoms with van der Waals surface area (Å²) >= 11 is 0. The number of nitrogens with zero attached hydrogens (tertiary/aromatic N) is 2. The Labute approximate surface area is 145 Å². The summed E-state index contributed by atoms with van der Waals surface area (Å²) in [7, 11) is 0. The van der Waals surface area contributed by atoms with Crippen LogP contribution in [0.15, 0.2) is 48.5 Å². The van der Waals surface area contributed by atoms with Gasteiger partial charge in [-0.25, -0.2) is 0 Å². The van der Waals surface area contributed by atoms with Gasteiger partial charge in [-0.05, 0) is 24.6 Å². The Morgan fingerprint density at radius 2 is 2.04 bits per heavy atom. The lowest BCUT2D eigenvalue weighted by atomic mass is 10.1. The van der Waals surface area contributed by atoms with E-state index in [1.165, 1.54) is 6.07 Å². The van der Waals surface area contributed by atoms with Crippen LogP contribution in [-0.4, -0.2) is 36.8 Å². The molecule has 1 aliphatic heterocycles. The van der Waals surface area contributed by atoms with Gasteiger partial charge in [-0.2, -0.15) is 0 Å². The molecule has 1 aliphatic rings. The highest BCUT2D eigenvalue weighted by Crippen LogP contribution is 2.28. The molecule has 1 fully saturated rings. The lowest BCUT2D eigenvalue weighted by Crippen LogP contribution is -2.55. The number of benzene rings is 2. The number of amides is 1. The number of ether oxygens (including phenoxy) is 1. The van der Waals surface area contributed by atoms with Crippen LogP contribution < -0.4 is 10.2 Å². The number of carbonyl (C=O) groups is 1. The molecule has 130 valence electrons. The predicted molar refractivity (Wildman–Crippen MR) is 93.7 cm³/mol. The summed E-state index contributed by atoms with van der Waals surface area (Å²) in [6.07, 6.45) is -0.387. The molecule has 0 saturated carbocycles. The molecule has 1 amide bonds. The molecule has 0 radical (unpaired) electrons. The SMILES string of the molecule is Cc1ccc([N+](=O)[O-])cc1N1CCOCC1NC(=O)c1ccccc1. The third-order valence-electron chi connectivity index (χ3n) is 4.18. The molecule has 1 unspecified atom stereocenters. The highest BCUT2D eigenvalue weighted by Gasteiger charge is 2.27. The molecule has 2 aromatic rings. The zero-order valence-corrected chi connectivity index (χ0v) is 13.8. The van der Waals surface area contributed by atoms with Gasteiger partial charge in [-0.3, -0.25) is 14.9 Å². The highest BCUT2D eigenvalue weighted by molar-refractivity contribution is 5.94. The van der Waals surface area contributed by atoms with E-state index in [0.717, 1.165) is 11.3 Å². The van der Waals surface area contributed by atoms with Crippen LogP contribution in [-0.2, 0) is 4.74 Å². The van der Waals surface area contributed by atoms with Crippen LogP contribution in [0.3, 0.4) is 0 Å². The van der Waals surface area contributed by atoms with Crippen molar-refractivity contribution in [3.8, 4) is 0 Å². The number of nitrogens with one attached hydrogen (secondary N) is 1. The first kappa shape index (κ1) is 16.9. The molecular formula is C18H19N3O4. The van der Waals surface area contributed by atoms with Crippen molar-refractivity contribution in [2.45, 2.75) is 13.1 Å². The van der Waals surface area contributed by atoms with Gasteiger partial charge < -0.3 is 15.0 Å². The predicted octanol–water partition coefficient (Wildman–Crippen LogP) is 2.50. The van der Waals surface area contributed by atoms with Crippen molar-refractivity contribution < 1.29 is 14.5 Å². The Balaban J connectivity index is 1.85. The van der Waals surface area contributed by atoms with Gasteiger partial charge in [0.25, 0.3) is 11.6 Å². The van der Waals surface area contributed by atoms with Crippen molar-refractivity contribution in [1.82, 2.24) is 5.32 Å². The molecular weight excluding hydrogens is 322 g/mol. The standard InChI is InChI=1S/C18H19N3O4/c1-13-7-8-15(21(23)24)11-16(13)20-9-10-25-12-17(20)19-18(22)14-5-3-2-4-6-14/h2-8,11,17H,9-10,12H2,1H3,(H,19,22). The summed E-state index contributed by atoms with van der Waals surface area (Å²) in [5.74, 6) is -0.204. The molecule has 0 aromatic heterocycles. The molecule has 2 aromatic carbocycles. The molecule has 0 spiro atoms. The number of rotatable bonds is 4. The Morgan fingerprint density at radius 3 is 2.76 bits per heavy atom. The van der Waals surface area contributed by atoms with E-state index in [0.29, 0.717) is 25.3 Å². The maximum atomic E-state index is 12.4. The lowest BCUT2D eigenvalue weighted by Gasteiger charge is -2.38. The summed E-state index contributed by atoms with van der Waals surface area (Å²) in [6.45, 7) is 3.26. The zero-order valence-electron chi connectivity index (χ0n) is 13.8. The first-order valence-electron chi connectivity index (χ1n) is 8.01. The number of morpholine rings is 1. The lowest BCUT2D eigenvalue weighted by molar-refractivity contribution is -0.384. The van der Waals surface area contributed by atoms with Crippen LogP contribution in [0.1, 0.15) is 15.9 Å². The number of hydrogen-bond acceptors (Lipinski definition) is 5. The number of nitro groups is 1. The van der Waals surface area contributed by atoms with Gasteiger partial charge in [-0.1, -0.05) is 24.3 Å². The fraction of sp³-hybridized carbons (Fsp3) is 0.278. The zero-order chi connectivity index (χ0) is 17.8. The van der Waals surface area contributed by atoms with E-state index in [-0.39, 0.29) is 17.8 Å². The Morgan fingerprint density at radius 1 is 1.28 bits per heavy atom. The third-order valence-corrected chi connectivity index (χ3v) is 4.18. The molecule has 1 atom stereocenters. The minimum atomic E-state index is -0.416. The van der Waals surface area contributed by atoms with Crippen LogP contribution in [0.5, 0.6) is 0 Å². The monoisotopic (exact) mass is 341 g/mol. The highest BCUT2D eigenvalue weighted by atomic mass is 16.6. The minimum absolute atomic E-state index is 0.0280. The second-order valence-electron chi connectivity index (χ2n) is 5.85. The largest absolute Gasteiger partial charge is 0.376 e. The molecule has 1 N–H and O–H groups in total. The van der Waals surface area contributed by atoms with Crippen molar-refractivity contribution in [3.63, 3.8) is 0 Å². The summed E-state index contributed by atoms with van der Waals surface area (Å²) in [4.78, 5) is 25.1. The first-order chi connectivity index (χ1) is 12.1. The number of nitro benzene ring substituents is 1. The van der Waals surface area contributed by atoms with Crippen LogP contribution in [0.4, 0.5) is 11.4 Å². The Hall–Kier alpha value is -2.93. The molecule has 7 nitrogen and oxygen atoms in total. The Kier molecular flexibility index (Phi) is 4.95. The second-order valence-corrected chi connectivity index (χ2v) is 5.85. The third kappa shape index (κ3) is 3.77.